The quantitative estimate of drug-likeness (QED) is 0.534. The van der Waals surface area contributed by atoms with Gasteiger partial charge in [0.1, 0.15) is 18.2 Å². The predicted octanol–water partition coefficient (Wildman–Crippen LogP) is 4.29. The van der Waals surface area contributed by atoms with E-state index in [1.807, 2.05) is 25.1 Å². The van der Waals surface area contributed by atoms with Crippen LogP contribution in [0.3, 0.4) is 0 Å². The average molecular weight is 467 g/mol. The highest BCUT2D eigenvalue weighted by Crippen LogP contribution is 2.21. The molecule has 1 amide bonds. The molecule has 2 aromatic carbocycles. The summed E-state index contributed by atoms with van der Waals surface area (Å²) in [5, 5.41) is 7.09. The topological polar surface area (TPSA) is 80.5 Å². The number of likely N-dealkylation sites (tertiary alicyclic amines) is 1. The maximum Gasteiger partial charge on any atom is 0.241 e. The fraction of sp³-hybridized carbons (Fsp3) is 0.423. The van der Waals surface area contributed by atoms with E-state index in [2.05, 4.69) is 34.2 Å². The zero-order valence-corrected chi connectivity index (χ0v) is 19.9. The summed E-state index contributed by atoms with van der Waals surface area (Å²) in [5.41, 5.74) is 3.11. The van der Waals surface area contributed by atoms with Crippen LogP contribution in [-0.4, -0.2) is 46.7 Å². The smallest absolute Gasteiger partial charge is 0.241 e. The Morgan fingerprint density at radius 2 is 2.03 bits per heavy atom. The first-order valence-corrected chi connectivity index (χ1v) is 11.7. The van der Waals surface area contributed by atoms with Gasteiger partial charge in [0.25, 0.3) is 0 Å². The fourth-order valence-corrected chi connectivity index (χ4v) is 4.07. The predicted molar refractivity (Wildman–Crippen MR) is 127 cm³/mol. The van der Waals surface area contributed by atoms with E-state index in [1.165, 1.54) is 23.3 Å². The van der Waals surface area contributed by atoms with Crippen LogP contribution in [-0.2, 0) is 11.3 Å². The molecule has 4 rings (SSSR count). The molecule has 7 nitrogen and oxygen atoms in total. The number of carbonyl (C=O) groups is 1. The van der Waals surface area contributed by atoms with Gasteiger partial charge in [0.05, 0.1) is 18.5 Å². The molecular formula is C26H31FN4O3. The van der Waals surface area contributed by atoms with Gasteiger partial charge in [-0.2, -0.15) is 4.98 Å². The Hall–Kier alpha value is -3.26. The van der Waals surface area contributed by atoms with E-state index in [-0.39, 0.29) is 23.7 Å². The molecule has 1 aliphatic rings. The second-order valence-electron chi connectivity index (χ2n) is 9.06. The molecule has 8 heteroatoms. The number of piperidine rings is 1. The molecule has 1 N–H and O–H groups in total. The Kier molecular flexibility index (Phi) is 7.57. The van der Waals surface area contributed by atoms with Crippen LogP contribution in [0.25, 0.3) is 11.4 Å². The lowest BCUT2D eigenvalue weighted by Crippen LogP contribution is -2.46. The number of hydrogen-bond acceptors (Lipinski definition) is 6. The first-order chi connectivity index (χ1) is 16.4. The summed E-state index contributed by atoms with van der Waals surface area (Å²) in [7, 11) is 0. The highest BCUT2D eigenvalue weighted by Gasteiger charge is 2.27. The van der Waals surface area contributed by atoms with Crippen molar-refractivity contribution in [1.82, 2.24) is 20.4 Å². The van der Waals surface area contributed by atoms with Crippen molar-refractivity contribution < 1.29 is 18.4 Å². The van der Waals surface area contributed by atoms with Gasteiger partial charge in [-0.1, -0.05) is 11.2 Å². The van der Waals surface area contributed by atoms with Crippen LogP contribution in [0.4, 0.5) is 4.39 Å². The SMILES string of the molecule is Cc1ccc(OCC(C)NC(=O)C2CCCN(Cc3nc(-c4ccc(F)cc4)no3)C2)cc1C. The maximum atomic E-state index is 13.1. The lowest BCUT2D eigenvalue weighted by Gasteiger charge is -2.31. The third-order valence-corrected chi connectivity index (χ3v) is 6.17. The standard InChI is InChI=1S/C26H31FN4O3/c1-17-6-11-23(13-18(17)2)33-16-19(3)28-26(32)21-5-4-12-31(14-21)15-24-29-25(30-34-24)20-7-9-22(27)10-8-20/h6-11,13,19,21H,4-5,12,14-16H2,1-3H3,(H,28,32). The van der Waals surface area contributed by atoms with E-state index in [0.29, 0.717) is 37.0 Å². The molecule has 3 aromatic rings. The summed E-state index contributed by atoms with van der Waals surface area (Å²) in [5.74, 6) is 1.36. The molecule has 0 spiro atoms. The Balaban J connectivity index is 1.26. The van der Waals surface area contributed by atoms with E-state index in [1.54, 1.807) is 12.1 Å². The number of aryl methyl sites for hydroxylation is 2. The highest BCUT2D eigenvalue weighted by molar-refractivity contribution is 5.79. The molecule has 2 unspecified atom stereocenters. The number of nitrogens with one attached hydrogen (secondary N) is 1. The van der Waals surface area contributed by atoms with Crippen molar-refractivity contribution in [3.8, 4) is 17.1 Å². The monoisotopic (exact) mass is 466 g/mol. The van der Waals surface area contributed by atoms with Gasteiger partial charge in [0.2, 0.25) is 17.6 Å². The lowest BCUT2D eigenvalue weighted by atomic mass is 9.97. The summed E-state index contributed by atoms with van der Waals surface area (Å²) in [6.07, 6.45) is 1.77. The Bertz CT molecular complexity index is 1120. The van der Waals surface area contributed by atoms with Gasteiger partial charge in [-0.25, -0.2) is 4.39 Å². The van der Waals surface area contributed by atoms with Crippen LogP contribution in [0.15, 0.2) is 47.0 Å². The van der Waals surface area contributed by atoms with Crippen molar-refractivity contribution >= 4 is 5.91 Å². The number of hydrogen-bond donors (Lipinski definition) is 1. The molecule has 0 saturated carbocycles. The minimum absolute atomic E-state index is 0.0402. The van der Waals surface area contributed by atoms with Crippen LogP contribution in [0.1, 0.15) is 36.8 Å². The van der Waals surface area contributed by atoms with Crippen LogP contribution in [0.2, 0.25) is 0 Å². The van der Waals surface area contributed by atoms with Crippen LogP contribution >= 0.6 is 0 Å². The van der Waals surface area contributed by atoms with Crippen molar-refractivity contribution in [3.63, 3.8) is 0 Å². The van der Waals surface area contributed by atoms with Crippen molar-refractivity contribution in [2.75, 3.05) is 19.7 Å². The van der Waals surface area contributed by atoms with E-state index < -0.39 is 0 Å². The van der Waals surface area contributed by atoms with E-state index in [9.17, 15) is 9.18 Å². The van der Waals surface area contributed by atoms with Gasteiger partial charge < -0.3 is 14.6 Å². The minimum Gasteiger partial charge on any atom is -0.491 e. The van der Waals surface area contributed by atoms with Crippen molar-refractivity contribution in [1.29, 1.82) is 0 Å². The van der Waals surface area contributed by atoms with Crippen LogP contribution in [0, 0.1) is 25.6 Å². The summed E-state index contributed by atoms with van der Waals surface area (Å²) < 4.78 is 24.4. The Morgan fingerprint density at radius 3 is 2.79 bits per heavy atom. The third kappa shape index (κ3) is 6.20. The number of halogens is 1. The molecule has 2 atom stereocenters. The van der Waals surface area contributed by atoms with Crippen LogP contribution < -0.4 is 10.1 Å². The van der Waals surface area contributed by atoms with Gasteiger partial charge in [-0.15, -0.1) is 0 Å². The molecule has 0 radical (unpaired) electrons. The average Bonchev–Trinajstić information content (AvgIpc) is 3.29. The molecule has 180 valence electrons. The van der Waals surface area contributed by atoms with Gasteiger partial charge in [-0.3, -0.25) is 9.69 Å². The number of aromatic nitrogens is 2. The number of nitrogens with zero attached hydrogens (tertiary/aromatic N) is 3. The second-order valence-corrected chi connectivity index (χ2v) is 9.06. The normalized spacial score (nSPS) is 17.4. The number of benzene rings is 2. The van der Waals surface area contributed by atoms with Crippen molar-refractivity contribution in [2.24, 2.45) is 5.92 Å². The number of carbonyl (C=O) groups excluding carboxylic acids is 1. The summed E-state index contributed by atoms with van der Waals surface area (Å²) in [4.78, 5) is 19.4. The first-order valence-electron chi connectivity index (χ1n) is 11.7. The van der Waals surface area contributed by atoms with Crippen molar-refractivity contribution in [2.45, 2.75) is 46.2 Å². The molecule has 1 fully saturated rings. The van der Waals surface area contributed by atoms with Gasteiger partial charge in [-0.05, 0) is 87.7 Å². The number of rotatable bonds is 8. The van der Waals surface area contributed by atoms with Gasteiger partial charge in [0, 0.05) is 12.1 Å². The Morgan fingerprint density at radius 1 is 1.24 bits per heavy atom. The minimum atomic E-state index is -0.309. The molecular weight excluding hydrogens is 435 g/mol. The Labute approximate surface area is 199 Å². The van der Waals surface area contributed by atoms with Gasteiger partial charge >= 0.3 is 0 Å². The number of amides is 1. The van der Waals surface area contributed by atoms with E-state index >= 15 is 0 Å². The van der Waals surface area contributed by atoms with Crippen molar-refractivity contribution in [3.05, 3.63) is 65.3 Å². The first kappa shape index (κ1) is 23.9. The third-order valence-electron chi connectivity index (χ3n) is 6.17. The summed E-state index contributed by atoms with van der Waals surface area (Å²) in [6.45, 7) is 8.46. The zero-order valence-electron chi connectivity index (χ0n) is 19.9. The molecule has 34 heavy (non-hydrogen) atoms. The van der Waals surface area contributed by atoms with E-state index in [4.69, 9.17) is 9.26 Å². The number of ether oxygens (including phenoxy) is 1. The maximum absolute atomic E-state index is 13.1. The summed E-state index contributed by atoms with van der Waals surface area (Å²) >= 11 is 0. The van der Waals surface area contributed by atoms with E-state index in [0.717, 1.165) is 25.1 Å². The van der Waals surface area contributed by atoms with Gasteiger partial charge in [0.15, 0.2) is 0 Å². The molecule has 0 aliphatic carbocycles. The molecule has 1 saturated heterocycles. The molecule has 2 heterocycles. The summed E-state index contributed by atoms with van der Waals surface area (Å²) in [6, 6.07) is 11.9. The second kappa shape index (κ2) is 10.8. The highest BCUT2D eigenvalue weighted by atomic mass is 19.1. The molecule has 1 aliphatic heterocycles. The zero-order chi connectivity index (χ0) is 24.1. The lowest BCUT2D eigenvalue weighted by molar-refractivity contribution is -0.127. The molecule has 0 bridgehead atoms. The van der Waals surface area contributed by atoms with Crippen LogP contribution in [0.5, 0.6) is 5.75 Å². The fourth-order valence-electron chi connectivity index (χ4n) is 4.07. The molecule has 1 aromatic heterocycles. The largest absolute Gasteiger partial charge is 0.491 e.